The number of piperidine rings is 2. The van der Waals surface area contributed by atoms with Gasteiger partial charge in [0.05, 0.1) is 11.5 Å². The van der Waals surface area contributed by atoms with Gasteiger partial charge in [0.1, 0.15) is 0 Å². The molecule has 3 heterocycles. The van der Waals surface area contributed by atoms with E-state index in [2.05, 4.69) is 38.3 Å². The maximum absolute atomic E-state index is 5.90. The van der Waals surface area contributed by atoms with Crippen LogP contribution in [0.5, 0.6) is 0 Å². The molecule has 7 unspecified atom stereocenters. The van der Waals surface area contributed by atoms with E-state index in [4.69, 9.17) is 18.0 Å². The molecule has 8 heteroatoms. The third kappa shape index (κ3) is 4.83. The fourth-order valence-electron chi connectivity index (χ4n) is 4.90. The van der Waals surface area contributed by atoms with Crippen LogP contribution in [-0.2, 0) is 0 Å². The second kappa shape index (κ2) is 8.92. The highest BCUT2D eigenvalue weighted by Gasteiger charge is 2.40. The second-order valence-electron chi connectivity index (χ2n) is 8.39. The molecule has 148 valence electrons. The maximum atomic E-state index is 5.90. The molecule has 1 aliphatic carbocycles. The van der Waals surface area contributed by atoms with Gasteiger partial charge in [-0.2, -0.15) is 0 Å². The lowest BCUT2D eigenvalue weighted by molar-refractivity contribution is 0.272. The summed E-state index contributed by atoms with van der Waals surface area (Å²) in [6.07, 6.45) is 8.62. The Morgan fingerprint density at radius 1 is 1.04 bits per heavy atom. The SMILES string of the molecule is NC1CCC(NC(=S)NC2CCCC(C3NC4CCNCC4S3)C2)CN1. The van der Waals surface area contributed by atoms with Gasteiger partial charge in [-0.1, -0.05) is 6.42 Å². The van der Waals surface area contributed by atoms with Crippen LogP contribution < -0.4 is 32.3 Å². The van der Waals surface area contributed by atoms with Crippen molar-refractivity contribution < 1.29 is 0 Å². The molecule has 0 aromatic heterocycles. The Balaban J connectivity index is 1.23. The van der Waals surface area contributed by atoms with Gasteiger partial charge in [0.15, 0.2) is 5.11 Å². The van der Waals surface area contributed by atoms with Crippen LogP contribution in [0.25, 0.3) is 0 Å². The highest BCUT2D eigenvalue weighted by atomic mass is 32.2. The second-order valence-corrected chi connectivity index (χ2v) is 10.2. The van der Waals surface area contributed by atoms with E-state index in [0.717, 1.165) is 42.2 Å². The molecule has 0 radical (unpaired) electrons. The largest absolute Gasteiger partial charge is 0.360 e. The molecule has 3 aliphatic heterocycles. The number of thioether (sulfide) groups is 1. The van der Waals surface area contributed by atoms with E-state index in [0.29, 0.717) is 23.5 Å². The molecule has 0 bridgehead atoms. The molecule has 0 aromatic carbocycles. The topological polar surface area (TPSA) is 86.2 Å². The highest BCUT2D eigenvalue weighted by Crippen LogP contribution is 2.39. The highest BCUT2D eigenvalue weighted by molar-refractivity contribution is 8.00. The Hall–Kier alpha value is -0.120. The first-order chi connectivity index (χ1) is 12.7. The van der Waals surface area contributed by atoms with Crippen molar-refractivity contribution in [2.75, 3.05) is 19.6 Å². The molecule has 26 heavy (non-hydrogen) atoms. The van der Waals surface area contributed by atoms with Crippen LogP contribution in [0, 0.1) is 5.92 Å². The lowest BCUT2D eigenvalue weighted by Crippen LogP contribution is -2.55. The van der Waals surface area contributed by atoms with Crippen molar-refractivity contribution in [2.45, 2.75) is 79.9 Å². The summed E-state index contributed by atoms with van der Waals surface area (Å²) in [5, 5.41) is 20.1. The molecular weight excluding hydrogens is 364 g/mol. The van der Waals surface area contributed by atoms with Gasteiger partial charge in [0, 0.05) is 36.5 Å². The van der Waals surface area contributed by atoms with Crippen molar-refractivity contribution in [2.24, 2.45) is 11.7 Å². The molecule has 4 aliphatic rings. The molecule has 0 spiro atoms. The van der Waals surface area contributed by atoms with E-state index < -0.39 is 0 Å². The zero-order valence-electron chi connectivity index (χ0n) is 15.5. The van der Waals surface area contributed by atoms with Crippen LogP contribution in [0.15, 0.2) is 0 Å². The number of hydrogen-bond donors (Lipinski definition) is 6. The van der Waals surface area contributed by atoms with E-state index in [9.17, 15) is 0 Å². The summed E-state index contributed by atoms with van der Waals surface area (Å²) in [7, 11) is 0. The van der Waals surface area contributed by atoms with Crippen LogP contribution >= 0.6 is 24.0 Å². The lowest BCUT2D eigenvalue weighted by atomic mass is 9.85. The summed E-state index contributed by atoms with van der Waals surface area (Å²) in [5.74, 6) is 0.758. The molecule has 6 nitrogen and oxygen atoms in total. The third-order valence-corrected chi connectivity index (χ3v) is 8.29. The van der Waals surface area contributed by atoms with E-state index in [1.54, 1.807) is 0 Å². The Labute approximate surface area is 166 Å². The van der Waals surface area contributed by atoms with E-state index in [1.807, 2.05) is 0 Å². The Bertz CT molecular complexity index is 470. The van der Waals surface area contributed by atoms with Crippen molar-refractivity contribution in [3.8, 4) is 0 Å². The van der Waals surface area contributed by atoms with Crippen molar-refractivity contribution >= 4 is 29.1 Å². The molecule has 4 rings (SSSR count). The molecule has 0 amide bonds. The average molecular weight is 399 g/mol. The number of nitrogens with two attached hydrogens (primary N) is 1. The van der Waals surface area contributed by atoms with Gasteiger partial charge in [-0.25, -0.2) is 0 Å². The number of fused-ring (bicyclic) bond motifs is 1. The molecule has 0 aromatic rings. The summed E-state index contributed by atoms with van der Waals surface area (Å²) >= 11 is 7.77. The van der Waals surface area contributed by atoms with E-state index >= 15 is 0 Å². The van der Waals surface area contributed by atoms with E-state index in [-0.39, 0.29) is 6.17 Å². The van der Waals surface area contributed by atoms with Gasteiger partial charge in [0.2, 0.25) is 0 Å². The van der Waals surface area contributed by atoms with Crippen molar-refractivity contribution in [3.63, 3.8) is 0 Å². The minimum atomic E-state index is 0.143. The predicted molar refractivity (Wildman–Crippen MR) is 113 cm³/mol. The standard InChI is InChI=1S/C18H34N6S2/c19-16-5-4-13(9-21-16)23-18(25)22-12-3-1-2-11(8-12)17-24-14-6-7-20-10-15(14)26-17/h11-17,20-21,24H,1-10,19H2,(H2,22,23,25). The average Bonchev–Trinajstić information content (AvgIpc) is 3.08. The molecule has 4 fully saturated rings. The Morgan fingerprint density at radius 2 is 1.92 bits per heavy atom. The first-order valence-electron chi connectivity index (χ1n) is 10.4. The molecule has 7 atom stereocenters. The quantitative estimate of drug-likeness (QED) is 0.382. The van der Waals surface area contributed by atoms with Gasteiger partial charge in [-0.3, -0.25) is 0 Å². The summed E-state index contributed by atoms with van der Waals surface area (Å²) in [5.41, 5.74) is 5.90. The predicted octanol–water partition coefficient (Wildman–Crippen LogP) is 0.439. The smallest absolute Gasteiger partial charge is 0.166 e. The Kier molecular flexibility index (Phi) is 6.59. The molecular formula is C18H34N6S2. The van der Waals surface area contributed by atoms with E-state index in [1.165, 1.54) is 38.6 Å². The number of hydrogen-bond acceptors (Lipinski definition) is 6. The van der Waals surface area contributed by atoms with Gasteiger partial charge in [-0.05, 0) is 63.2 Å². The number of nitrogens with one attached hydrogen (secondary N) is 5. The van der Waals surface area contributed by atoms with Crippen molar-refractivity contribution in [3.05, 3.63) is 0 Å². The minimum absolute atomic E-state index is 0.143. The monoisotopic (exact) mass is 398 g/mol. The maximum Gasteiger partial charge on any atom is 0.166 e. The Morgan fingerprint density at radius 3 is 2.73 bits per heavy atom. The molecule has 1 saturated carbocycles. The van der Waals surface area contributed by atoms with Crippen LogP contribution in [0.2, 0.25) is 0 Å². The van der Waals surface area contributed by atoms with Crippen LogP contribution in [0.1, 0.15) is 44.9 Å². The van der Waals surface area contributed by atoms with Crippen LogP contribution in [0.4, 0.5) is 0 Å². The van der Waals surface area contributed by atoms with Crippen molar-refractivity contribution in [1.82, 2.24) is 26.6 Å². The molecule has 3 saturated heterocycles. The fourth-order valence-corrected chi connectivity index (χ4v) is 6.95. The number of rotatable bonds is 3. The van der Waals surface area contributed by atoms with Crippen LogP contribution in [0.3, 0.4) is 0 Å². The van der Waals surface area contributed by atoms with Gasteiger partial charge in [-0.15, -0.1) is 11.8 Å². The summed E-state index contributed by atoms with van der Waals surface area (Å²) < 4.78 is 0. The van der Waals surface area contributed by atoms with Crippen molar-refractivity contribution in [1.29, 1.82) is 0 Å². The molecule has 7 N–H and O–H groups in total. The number of thiocarbonyl (C=S) groups is 1. The normalized spacial score (nSPS) is 43.5. The fraction of sp³-hybridized carbons (Fsp3) is 0.944. The summed E-state index contributed by atoms with van der Waals surface area (Å²) in [6, 6.07) is 1.63. The zero-order valence-corrected chi connectivity index (χ0v) is 17.1. The zero-order chi connectivity index (χ0) is 17.9. The summed E-state index contributed by atoms with van der Waals surface area (Å²) in [4.78, 5) is 0. The first kappa shape index (κ1) is 19.2. The van der Waals surface area contributed by atoms with Gasteiger partial charge >= 0.3 is 0 Å². The third-order valence-electron chi connectivity index (χ3n) is 6.39. The minimum Gasteiger partial charge on any atom is -0.360 e. The van der Waals surface area contributed by atoms with Gasteiger partial charge < -0.3 is 32.3 Å². The lowest BCUT2D eigenvalue weighted by Gasteiger charge is -2.35. The summed E-state index contributed by atoms with van der Waals surface area (Å²) in [6.45, 7) is 3.23. The van der Waals surface area contributed by atoms with Gasteiger partial charge in [0.25, 0.3) is 0 Å². The first-order valence-corrected chi connectivity index (χ1v) is 11.7. The van der Waals surface area contributed by atoms with Crippen LogP contribution in [-0.4, -0.2) is 59.7 Å².